The van der Waals surface area contributed by atoms with Gasteiger partial charge >= 0.3 is 12.0 Å². The predicted molar refractivity (Wildman–Crippen MR) is 173 cm³/mol. The number of benzene rings is 3. The van der Waals surface area contributed by atoms with Crippen molar-refractivity contribution >= 4 is 33.5 Å². The van der Waals surface area contributed by atoms with Crippen molar-refractivity contribution in [2.45, 2.75) is 56.8 Å². The quantitative estimate of drug-likeness (QED) is 0.118. The van der Waals surface area contributed by atoms with Crippen molar-refractivity contribution in [1.29, 1.82) is 0 Å². The Morgan fingerprint density at radius 3 is 2.69 bits per heavy atom. The second-order valence-electron chi connectivity index (χ2n) is 13.5. The fourth-order valence-electron chi connectivity index (χ4n) is 8.26. The van der Waals surface area contributed by atoms with Crippen LogP contribution < -0.4 is 14.4 Å². The first kappa shape index (κ1) is 32.0. The van der Waals surface area contributed by atoms with Gasteiger partial charge in [-0.25, -0.2) is 17.6 Å². The molecule has 4 aromatic rings. The summed E-state index contributed by atoms with van der Waals surface area (Å²) in [6.07, 6.45) is 1.42. The predicted octanol–water partition coefficient (Wildman–Crippen LogP) is 6.12. The lowest BCUT2D eigenvalue weighted by Crippen LogP contribution is -2.56. The van der Waals surface area contributed by atoms with Crippen LogP contribution in [-0.2, 0) is 20.7 Å². The smallest absolute Gasteiger partial charge is 0.319 e. The van der Waals surface area contributed by atoms with E-state index in [-0.39, 0.29) is 78.4 Å². The highest BCUT2D eigenvalue weighted by molar-refractivity contribution is 6.03. The Morgan fingerprint density at radius 1 is 1.06 bits per heavy atom. The summed E-state index contributed by atoms with van der Waals surface area (Å²) in [5.74, 6) is -2.32. The Bertz CT molecular complexity index is 1980. The van der Waals surface area contributed by atoms with E-state index in [0.717, 1.165) is 19.4 Å². The van der Waals surface area contributed by atoms with Crippen molar-refractivity contribution in [2.24, 2.45) is 5.92 Å². The van der Waals surface area contributed by atoms with Gasteiger partial charge < -0.3 is 23.8 Å². The third-order valence-corrected chi connectivity index (χ3v) is 10.6. The van der Waals surface area contributed by atoms with E-state index >= 15 is 13.2 Å². The Kier molecular flexibility index (Phi) is 8.02. The van der Waals surface area contributed by atoms with Crippen LogP contribution in [0.25, 0.3) is 32.8 Å². The van der Waals surface area contributed by atoms with Crippen LogP contribution >= 0.6 is 0 Å². The molecule has 4 aliphatic rings. The molecule has 4 atom stereocenters. The molecule has 4 aliphatic heterocycles. The number of aromatic nitrogens is 2. The SMILES string of the molecule is CCc1c(F)ccc2cc(OCOC)cc(-c3c(F)cc4c(N5CCC6C(=O)OC6C5)nc(OC[C@@]56CCCN5C[C@H](F)C6)nc4c3F)c12. The molecule has 0 spiro atoms. The molecule has 1 aromatic heterocycles. The van der Waals surface area contributed by atoms with E-state index in [4.69, 9.17) is 18.9 Å². The van der Waals surface area contributed by atoms with Gasteiger partial charge in [0.1, 0.15) is 47.6 Å². The van der Waals surface area contributed by atoms with Gasteiger partial charge in [-0.15, -0.1) is 0 Å². The van der Waals surface area contributed by atoms with Crippen LogP contribution in [0.1, 0.15) is 38.2 Å². The number of nitrogens with zero attached hydrogens (tertiary/aromatic N) is 4. The number of piperidine rings is 1. The molecule has 258 valence electrons. The van der Waals surface area contributed by atoms with E-state index in [1.54, 1.807) is 19.1 Å². The number of carbonyl (C=O) groups is 1. The van der Waals surface area contributed by atoms with Crippen LogP contribution in [0.3, 0.4) is 0 Å². The van der Waals surface area contributed by atoms with E-state index in [1.165, 1.54) is 25.3 Å². The molecule has 4 saturated heterocycles. The maximum atomic E-state index is 17.1. The van der Waals surface area contributed by atoms with Crippen LogP contribution in [-0.4, -0.2) is 85.3 Å². The molecular weight excluding hydrogens is 644 g/mol. The molecule has 0 N–H and O–H groups in total. The maximum Gasteiger partial charge on any atom is 0.319 e. The van der Waals surface area contributed by atoms with Gasteiger partial charge in [0.2, 0.25) is 0 Å². The van der Waals surface area contributed by atoms with Gasteiger partial charge in [-0.1, -0.05) is 13.0 Å². The summed E-state index contributed by atoms with van der Waals surface area (Å²) in [5.41, 5.74) is -0.698. The highest BCUT2D eigenvalue weighted by Gasteiger charge is 2.50. The standard InChI is InChI=1S/C36H36F4N4O5/c1-3-22-26(38)6-5-19-11-21(48-18-46-2)12-24(29(19)22)30-27(39)13-25-32(31(30)40)41-35(47-17-36-8-4-9-44(36)15-20(37)14-36)42-33(25)43-10-7-23-28(16-43)49-34(23)45/h5-6,11-13,20,23,28H,3-4,7-10,14-18H2,1-2H3/t20-,23?,28?,36+/m1/s1. The van der Waals surface area contributed by atoms with E-state index in [2.05, 4.69) is 14.9 Å². The van der Waals surface area contributed by atoms with E-state index in [9.17, 15) is 9.18 Å². The molecule has 8 rings (SSSR count). The highest BCUT2D eigenvalue weighted by Crippen LogP contribution is 2.44. The fraction of sp³-hybridized carbons (Fsp3) is 0.472. The number of rotatable bonds is 9. The second kappa shape index (κ2) is 12.3. The summed E-state index contributed by atoms with van der Waals surface area (Å²) in [6.45, 7) is 3.56. The summed E-state index contributed by atoms with van der Waals surface area (Å²) in [6, 6.07) is 7.08. The molecule has 5 heterocycles. The number of esters is 1. The number of fused-ring (bicyclic) bond motifs is 4. The number of anilines is 1. The highest BCUT2D eigenvalue weighted by atomic mass is 19.1. The first-order valence-electron chi connectivity index (χ1n) is 16.7. The first-order valence-corrected chi connectivity index (χ1v) is 16.7. The van der Waals surface area contributed by atoms with Crippen molar-refractivity contribution < 1.29 is 41.3 Å². The van der Waals surface area contributed by atoms with Crippen LogP contribution in [0.15, 0.2) is 30.3 Å². The number of methoxy groups -OCH3 is 1. The topological polar surface area (TPSA) is 86.2 Å². The molecule has 4 fully saturated rings. The molecule has 9 nitrogen and oxygen atoms in total. The molecular formula is C36H36F4N4O5. The minimum Gasteiger partial charge on any atom is -0.468 e. The first-order chi connectivity index (χ1) is 23.7. The van der Waals surface area contributed by atoms with Gasteiger partial charge in [-0.2, -0.15) is 9.97 Å². The summed E-state index contributed by atoms with van der Waals surface area (Å²) in [4.78, 5) is 25.0. The van der Waals surface area contributed by atoms with Crippen molar-refractivity contribution in [3.8, 4) is 22.9 Å². The zero-order valence-electron chi connectivity index (χ0n) is 27.2. The fourth-order valence-corrected chi connectivity index (χ4v) is 8.26. The Hall–Kier alpha value is -4.23. The Morgan fingerprint density at radius 2 is 1.92 bits per heavy atom. The van der Waals surface area contributed by atoms with E-state index in [0.29, 0.717) is 42.3 Å². The normalized spacial score (nSPS) is 25.0. The van der Waals surface area contributed by atoms with Crippen molar-refractivity contribution in [3.05, 3.63) is 53.3 Å². The zero-order valence-corrected chi connectivity index (χ0v) is 27.2. The van der Waals surface area contributed by atoms with Gasteiger partial charge in [-0.05, 0) is 78.4 Å². The number of halogens is 4. The van der Waals surface area contributed by atoms with Crippen LogP contribution in [0.5, 0.6) is 11.8 Å². The summed E-state index contributed by atoms with van der Waals surface area (Å²) in [7, 11) is 1.45. The summed E-state index contributed by atoms with van der Waals surface area (Å²) >= 11 is 0. The molecule has 0 aliphatic carbocycles. The van der Waals surface area contributed by atoms with Crippen LogP contribution in [0.2, 0.25) is 0 Å². The molecule has 0 saturated carbocycles. The average molecular weight is 681 g/mol. The van der Waals surface area contributed by atoms with Gasteiger partial charge in [0, 0.05) is 32.0 Å². The third-order valence-electron chi connectivity index (χ3n) is 10.6. The van der Waals surface area contributed by atoms with E-state index in [1.807, 2.05) is 4.90 Å². The minimum atomic E-state index is -0.977. The van der Waals surface area contributed by atoms with Crippen molar-refractivity contribution in [3.63, 3.8) is 0 Å². The van der Waals surface area contributed by atoms with Crippen molar-refractivity contribution in [2.75, 3.05) is 51.6 Å². The summed E-state index contributed by atoms with van der Waals surface area (Å²) < 4.78 is 85.6. The van der Waals surface area contributed by atoms with Gasteiger partial charge in [0.15, 0.2) is 12.6 Å². The lowest BCUT2D eigenvalue weighted by Gasteiger charge is -2.44. The molecule has 49 heavy (non-hydrogen) atoms. The molecule has 13 heteroatoms. The number of aryl methyl sites for hydroxylation is 1. The van der Waals surface area contributed by atoms with E-state index < -0.39 is 34.7 Å². The number of carbonyl (C=O) groups excluding carboxylic acids is 1. The largest absolute Gasteiger partial charge is 0.468 e. The summed E-state index contributed by atoms with van der Waals surface area (Å²) in [5, 5.41) is 0.999. The van der Waals surface area contributed by atoms with Crippen LogP contribution in [0, 0.1) is 23.4 Å². The lowest BCUT2D eigenvalue weighted by molar-refractivity contribution is -0.185. The zero-order chi connectivity index (χ0) is 34.0. The number of ether oxygens (including phenoxy) is 4. The molecule has 0 amide bonds. The van der Waals surface area contributed by atoms with Gasteiger partial charge in [0.25, 0.3) is 0 Å². The molecule has 2 unspecified atom stereocenters. The second-order valence-corrected chi connectivity index (χ2v) is 13.5. The van der Waals surface area contributed by atoms with Crippen LogP contribution in [0.4, 0.5) is 23.4 Å². The lowest BCUT2D eigenvalue weighted by atomic mass is 9.89. The third kappa shape index (κ3) is 5.32. The average Bonchev–Trinajstić information content (AvgIpc) is 3.61. The minimum absolute atomic E-state index is 0.0992. The number of hydrogen-bond donors (Lipinski definition) is 0. The Balaban J connectivity index is 1.29. The van der Waals surface area contributed by atoms with Gasteiger partial charge in [-0.3, -0.25) is 9.69 Å². The van der Waals surface area contributed by atoms with Crippen molar-refractivity contribution in [1.82, 2.24) is 14.9 Å². The number of alkyl halides is 1. The molecule has 3 aromatic carbocycles. The molecule has 0 bridgehead atoms. The Labute approximate surface area is 280 Å². The number of hydrogen-bond acceptors (Lipinski definition) is 9. The monoisotopic (exact) mass is 680 g/mol. The maximum absolute atomic E-state index is 17.1. The molecule has 0 radical (unpaired) electrons. The van der Waals surface area contributed by atoms with Gasteiger partial charge in [0.05, 0.1) is 23.6 Å².